The van der Waals surface area contributed by atoms with Gasteiger partial charge in [-0.25, -0.2) is 0 Å². The van der Waals surface area contributed by atoms with Gasteiger partial charge >= 0.3 is 0 Å². The SMILES string of the molecule is CCCCO[Si](C1CCCCC1)(C1CCCCC1)C1CCCCC1. The average molecular weight is 351 g/mol. The van der Waals surface area contributed by atoms with Crippen molar-refractivity contribution in [3.8, 4) is 0 Å². The van der Waals surface area contributed by atoms with Gasteiger partial charge in [-0.05, 0) is 23.0 Å². The lowest BCUT2D eigenvalue weighted by atomic mass is 9.98. The van der Waals surface area contributed by atoms with Gasteiger partial charge in [0.25, 0.3) is 0 Å². The fourth-order valence-corrected chi connectivity index (χ4v) is 13.5. The van der Waals surface area contributed by atoms with Crippen molar-refractivity contribution in [3.63, 3.8) is 0 Å². The molecule has 1 nitrogen and oxygen atoms in total. The minimum Gasteiger partial charge on any atom is -0.416 e. The Morgan fingerprint density at radius 2 is 1.00 bits per heavy atom. The molecule has 3 rings (SSSR count). The molecule has 0 radical (unpaired) electrons. The molecule has 0 saturated heterocycles. The third kappa shape index (κ3) is 4.28. The van der Waals surface area contributed by atoms with Crippen LogP contribution in [0.2, 0.25) is 16.6 Å². The highest BCUT2D eigenvalue weighted by atomic mass is 28.4. The molecule has 0 heterocycles. The van der Waals surface area contributed by atoms with Gasteiger partial charge in [0.2, 0.25) is 8.32 Å². The summed E-state index contributed by atoms with van der Waals surface area (Å²) in [4.78, 5) is 0. The second-order valence-electron chi connectivity index (χ2n) is 9.06. The Morgan fingerprint density at radius 1 is 0.625 bits per heavy atom. The minimum atomic E-state index is -1.63. The topological polar surface area (TPSA) is 9.23 Å². The monoisotopic (exact) mass is 350 g/mol. The smallest absolute Gasteiger partial charge is 0.201 e. The van der Waals surface area contributed by atoms with Crippen molar-refractivity contribution in [3.05, 3.63) is 0 Å². The summed E-state index contributed by atoms with van der Waals surface area (Å²) in [5, 5.41) is 0. The Kier molecular flexibility index (Phi) is 7.71. The molecule has 3 saturated carbocycles. The molecule has 0 aliphatic heterocycles. The summed E-state index contributed by atoms with van der Waals surface area (Å²) >= 11 is 0. The third-order valence-electron chi connectivity index (χ3n) is 7.58. The van der Waals surface area contributed by atoms with Crippen molar-refractivity contribution in [1.29, 1.82) is 0 Å². The number of rotatable bonds is 7. The Morgan fingerprint density at radius 3 is 1.33 bits per heavy atom. The van der Waals surface area contributed by atoms with Crippen LogP contribution in [0.3, 0.4) is 0 Å². The maximum Gasteiger partial charge on any atom is 0.201 e. The second-order valence-corrected chi connectivity index (χ2v) is 13.5. The summed E-state index contributed by atoms with van der Waals surface area (Å²) in [5.74, 6) is 0. The van der Waals surface area contributed by atoms with E-state index in [2.05, 4.69) is 6.92 Å². The summed E-state index contributed by atoms with van der Waals surface area (Å²) in [5.41, 5.74) is 3.03. The Hall–Kier alpha value is 0.177. The van der Waals surface area contributed by atoms with Crippen molar-refractivity contribution < 1.29 is 4.43 Å². The van der Waals surface area contributed by atoms with Gasteiger partial charge in [0.05, 0.1) is 0 Å². The molecule has 0 aromatic heterocycles. The first kappa shape index (κ1) is 19.0. The van der Waals surface area contributed by atoms with Crippen LogP contribution < -0.4 is 0 Å². The summed E-state index contributed by atoms with van der Waals surface area (Å²) in [6, 6.07) is 0. The molecule has 24 heavy (non-hydrogen) atoms. The molecule has 0 N–H and O–H groups in total. The van der Waals surface area contributed by atoms with Crippen LogP contribution in [0, 0.1) is 0 Å². The Labute approximate surface area is 152 Å². The van der Waals surface area contributed by atoms with Gasteiger partial charge < -0.3 is 4.43 Å². The molecule has 0 amide bonds. The lowest BCUT2D eigenvalue weighted by molar-refractivity contribution is 0.233. The first-order valence-corrected chi connectivity index (χ1v) is 13.7. The van der Waals surface area contributed by atoms with E-state index in [0.717, 1.165) is 23.2 Å². The van der Waals surface area contributed by atoms with Crippen LogP contribution in [0.15, 0.2) is 0 Å². The van der Waals surface area contributed by atoms with Gasteiger partial charge in [0.1, 0.15) is 0 Å². The molecule has 0 bridgehead atoms. The van der Waals surface area contributed by atoms with Gasteiger partial charge in [-0.2, -0.15) is 0 Å². The van der Waals surface area contributed by atoms with E-state index in [1.165, 1.54) is 109 Å². The molecule has 3 aliphatic rings. The highest BCUT2D eigenvalue weighted by Gasteiger charge is 2.54. The Balaban J connectivity index is 1.86. The molecule has 0 unspecified atom stereocenters. The standard InChI is InChI=1S/C22H42OSi/c1-2-3-19-23-24(20-13-7-4-8-14-20,21-15-9-5-10-16-21)22-17-11-6-12-18-22/h20-22H,2-19H2,1H3. The van der Waals surface area contributed by atoms with Crippen molar-refractivity contribution in [1.82, 2.24) is 0 Å². The normalized spacial score (nSPS) is 25.9. The lowest BCUT2D eigenvalue weighted by Crippen LogP contribution is -2.54. The summed E-state index contributed by atoms with van der Waals surface area (Å²) in [6.45, 7) is 3.42. The van der Waals surface area contributed by atoms with Crippen molar-refractivity contribution in [2.24, 2.45) is 0 Å². The van der Waals surface area contributed by atoms with Gasteiger partial charge in [-0.3, -0.25) is 0 Å². The first-order valence-electron chi connectivity index (χ1n) is 11.5. The van der Waals surface area contributed by atoms with Crippen LogP contribution in [0.4, 0.5) is 0 Å². The van der Waals surface area contributed by atoms with Crippen LogP contribution in [0.5, 0.6) is 0 Å². The van der Waals surface area contributed by atoms with E-state index in [4.69, 9.17) is 4.43 Å². The quantitative estimate of drug-likeness (QED) is 0.337. The molecular formula is C22H42OSi. The van der Waals surface area contributed by atoms with Crippen molar-refractivity contribution in [2.45, 2.75) is 133 Å². The molecule has 3 fully saturated rings. The molecule has 2 heteroatoms. The molecule has 3 aliphatic carbocycles. The molecule has 0 spiro atoms. The first-order chi connectivity index (χ1) is 11.9. The Bertz CT molecular complexity index is 292. The second kappa shape index (κ2) is 9.76. The number of hydrogen-bond acceptors (Lipinski definition) is 1. The lowest BCUT2D eigenvalue weighted by Gasteiger charge is -2.52. The van der Waals surface area contributed by atoms with Crippen LogP contribution >= 0.6 is 0 Å². The fraction of sp³-hybridized carbons (Fsp3) is 1.00. The molecule has 0 aromatic carbocycles. The van der Waals surface area contributed by atoms with Gasteiger partial charge in [0, 0.05) is 6.61 Å². The van der Waals surface area contributed by atoms with E-state index in [-0.39, 0.29) is 0 Å². The van der Waals surface area contributed by atoms with Crippen LogP contribution in [0.1, 0.15) is 116 Å². The highest BCUT2D eigenvalue weighted by molar-refractivity contribution is 6.78. The van der Waals surface area contributed by atoms with Crippen LogP contribution in [-0.2, 0) is 4.43 Å². The van der Waals surface area contributed by atoms with Gasteiger partial charge in [-0.1, -0.05) is 110 Å². The minimum absolute atomic E-state index is 1.01. The number of unbranched alkanes of at least 4 members (excludes halogenated alkanes) is 1. The average Bonchev–Trinajstić information content (AvgIpc) is 2.68. The van der Waals surface area contributed by atoms with Crippen LogP contribution in [0.25, 0.3) is 0 Å². The van der Waals surface area contributed by atoms with Crippen molar-refractivity contribution in [2.75, 3.05) is 6.61 Å². The van der Waals surface area contributed by atoms with Gasteiger partial charge in [0.15, 0.2) is 0 Å². The van der Waals surface area contributed by atoms with E-state index in [1.54, 1.807) is 0 Å². The maximum absolute atomic E-state index is 7.23. The molecular weight excluding hydrogens is 308 g/mol. The summed E-state index contributed by atoms with van der Waals surface area (Å²) in [7, 11) is -1.63. The zero-order chi connectivity index (χ0) is 16.7. The van der Waals surface area contributed by atoms with E-state index < -0.39 is 8.32 Å². The van der Waals surface area contributed by atoms with Gasteiger partial charge in [-0.15, -0.1) is 0 Å². The molecule has 140 valence electrons. The summed E-state index contributed by atoms with van der Waals surface area (Å²) < 4.78 is 7.23. The molecule has 0 atom stereocenters. The highest BCUT2D eigenvalue weighted by Crippen LogP contribution is 2.57. The van der Waals surface area contributed by atoms with E-state index >= 15 is 0 Å². The predicted molar refractivity (Wildman–Crippen MR) is 107 cm³/mol. The largest absolute Gasteiger partial charge is 0.416 e. The zero-order valence-corrected chi connectivity index (χ0v) is 17.4. The van der Waals surface area contributed by atoms with E-state index in [9.17, 15) is 0 Å². The predicted octanol–water partition coefficient (Wildman–Crippen LogP) is 7.75. The molecule has 0 aromatic rings. The fourth-order valence-electron chi connectivity index (χ4n) is 6.41. The third-order valence-corrected chi connectivity index (χ3v) is 13.8. The van der Waals surface area contributed by atoms with E-state index in [0.29, 0.717) is 0 Å². The number of hydrogen-bond donors (Lipinski definition) is 0. The van der Waals surface area contributed by atoms with Crippen LogP contribution in [-0.4, -0.2) is 14.9 Å². The summed E-state index contributed by atoms with van der Waals surface area (Å²) in [6.07, 6.45) is 25.2. The van der Waals surface area contributed by atoms with E-state index in [1.807, 2.05) is 0 Å². The maximum atomic E-state index is 7.23. The zero-order valence-electron chi connectivity index (χ0n) is 16.4. The van der Waals surface area contributed by atoms with Crippen molar-refractivity contribution >= 4 is 8.32 Å².